The number of aliphatic hydroxyl groups is 1. The van der Waals surface area contributed by atoms with Crippen molar-refractivity contribution in [3.05, 3.63) is 48.0 Å². The fraction of sp³-hybridized carbons (Fsp3) is 0.429. The number of carbonyl (C=O) groups is 1. The van der Waals surface area contributed by atoms with Crippen LogP contribution in [0.3, 0.4) is 0 Å². The average Bonchev–Trinajstić information content (AvgIpc) is 3.13. The first-order valence-electron chi connectivity index (χ1n) is 9.86. The molecule has 1 fully saturated rings. The minimum Gasteiger partial charge on any atom is -0.394 e. The van der Waals surface area contributed by atoms with Gasteiger partial charge in [0.15, 0.2) is 5.69 Å². The predicted molar refractivity (Wildman–Crippen MR) is 106 cm³/mol. The van der Waals surface area contributed by atoms with Crippen molar-refractivity contribution < 1.29 is 9.90 Å². The standard InChI is InChI=1S/C21H25N5O2/c1-14-20(21(28)23-18(13-27)15-6-3-2-4-7-15)24-25-26(14)19-9-5-8-16-12-22-11-10-17(16)19/h5,8-12,15,18,27H,2-4,6-7,13H2,1H3,(H,23,28). The Hall–Kier alpha value is -2.80. The minimum absolute atomic E-state index is 0.0556. The molecule has 0 radical (unpaired) electrons. The van der Waals surface area contributed by atoms with Crippen LogP contribution in [-0.2, 0) is 0 Å². The highest BCUT2D eigenvalue weighted by atomic mass is 16.3. The number of rotatable bonds is 5. The third-order valence-electron chi connectivity index (χ3n) is 5.73. The van der Waals surface area contributed by atoms with Gasteiger partial charge in [0.25, 0.3) is 5.91 Å². The minimum atomic E-state index is -0.282. The number of hydrogen-bond acceptors (Lipinski definition) is 5. The van der Waals surface area contributed by atoms with Crippen LogP contribution in [0.5, 0.6) is 0 Å². The quantitative estimate of drug-likeness (QED) is 0.711. The van der Waals surface area contributed by atoms with Crippen LogP contribution < -0.4 is 5.32 Å². The SMILES string of the molecule is Cc1c(C(=O)NC(CO)C2CCCCC2)nnn1-c1cccc2cnccc12. The molecule has 1 aliphatic rings. The van der Waals surface area contributed by atoms with Gasteiger partial charge in [-0.2, -0.15) is 0 Å². The Kier molecular flexibility index (Phi) is 5.34. The van der Waals surface area contributed by atoms with Crippen LogP contribution >= 0.6 is 0 Å². The van der Waals surface area contributed by atoms with E-state index < -0.39 is 0 Å². The molecular formula is C21H25N5O2. The monoisotopic (exact) mass is 379 g/mol. The van der Waals surface area contributed by atoms with Crippen LogP contribution in [0.2, 0.25) is 0 Å². The number of benzene rings is 1. The van der Waals surface area contributed by atoms with Gasteiger partial charge in [-0.3, -0.25) is 9.78 Å². The van der Waals surface area contributed by atoms with Crippen molar-refractivity contribution >= 4 is 16.7 Å². The van der Waals surface area contributed by atoms with Gasteiger partial charge in [0.05, 0.1) is 24.0 Å². The second kappa shape index (κ2) is 8.06. The summed E-state index contributed by atoms with van der Waals surface area (Å²) < 4.78 is 1.69. The second-order valence-electron chi connectivity index (χ2n) is 7.47. The molecule has 1 aliphatic carbocycles. The molecule has 0 bridgehead atoms. The molecule has 1 aromatic carbocycles. The molecule has 3 aromatic rings. The van der Waals surface area contributed by atoms with E-state index in [1.807, 2.05) is 31.2 Å². The van der Waals surface area contributed by atoms with Gasteiger partial charge in [-0.15, -0.1) is 5.10 Å². The molecule has 1 saturated carbocycles. The van der Waals surface area contributed by atoms with E-state index in [0.717, 1.165) is 42.1 Å². The first-order chi connectivity index (χ1) is 13.7. The number of fused-ring (bicyclic) bond motifs is 1. The molecular weight excluding hydrogens is 354 g/mol. The molecule has 7 heteroatoms. The maximum absolute atomic E-state index is 12.8. The number of nitrogens with one attached hydrogen (secondary N) is 1. The van der Waals surface area contributed by atoms with Crippen molar-refractivity contribution in [2.45, 2.75) is 45.1 Å². The number of nitrogens with zero attached hydrogens (tertiary/aromatic N) is 4. The summed E-state index contributed by atoms with van der Waals surface area (Å²) in [4.78, 5) is 17.0. The van der Waals surface area contributed by atoms with Crippen molar-refractivity contribution in [1.82, 2.24) is 25.3 Å². The predicted octanol–water partition coefficient (Wildman–Crippen LogP) is 2.79. The smallest absolute Gasteiger partial charge is 0.274 e. The molecule has 2 N–H and O–H groups in total. The highest BCUT2D eigenvalue weighted by Crippen LogP contribution is 2.27. The van der Waals surface area contributed by atoms with Gasteiger partial charge in [0, 0.05) is 23.2 Å². The third kappa shape index (κ3) is 3.49. The summed E-state index contributed by atoms with van der Waals surface area (Å²) in [6, 6.07) is 7.56. The summed E-state index contributed by atoms with van der Waals surface area (Å²) in [5, 5.41) is 23.1. The van der Waals surface area contributed by atoms with Gasteiger partial charge >= 0.3 is 0 Å². The van der Waals surface area contributed by atoms with Crippen LogP contribution in [0, 0.1) is 12.8 Å². The lowest BCUT2D eigenvalue weighted by Crippen LogP contribution is -2.44. The highest BCUT2D eigenvalue weighted by Gasteiger charge is 2.27. The van der Waals surface area contributed by atoms with Crippen LogP contribution in [0.25, 0.3) is 16.5 Å². The lowest BCUT2D eigenvalue weighted by atomic mass is 9.84. The van der Waals surface area contributed by atoms with E-state index in [9.17, 15) is 9.90 Å². The van der Waals surface area contributed by atoms with Gasteiger partial charge < -0.3 is 10.4 Å². The lowest BCUT2D eigenvalue weighted by Gasteiger charge is -2.29. The molecule has 2 aromatic heterocycles. The summed E-state index contributed by atoms with van der Waals surface area (Å²) in [6.45, 7) is 1.78. The maximum Gasteiger partial charge on any atom is 0.274 e. The number of pyridine rings is 1. The van der Waals surface area contributed by atoms with Crippen LogP contribution in [0.15, 0.2) is 36.7 Å². The number of aliphatic hydroxyl groups excluding tert-OH is 1. The first kappa shape index (κ1) is 18.6. The van der Waals surface area contributed by atoms with Gasteiger partial charge in [0.2, 0.25) is 0 Å². The molecule has 4 rings (SSSR count). The molecule has 0 aliphatic heterocycles. The highest BCUT2D eigenvalue weighted by molar-refractivity contribution is 5.94. The number of amides is 1. The molecule has 2 heterocycles. The zero-order valence-corrected chi connectivity index (χ0v) is 16.0. The zero-order valence-electron chi connectivity index (χ0n) is 16.0. The molecule has 0 saturated heterocycles. The van der Waals surface area contributed by atoms with E-state index in [1.165, 1.54) is 6.42 Å². The van der Waals surface area contributed by atoms with E-state index in [-0.39, 0.29) is 18.6 Å². The molecule has 28 heavy (non-hydrogen) atoms. The Morgan fingerprint density at radius 1 is 1.29 bits per heavy atom. The maximum atomic E-state index is 12.8. The second-order valence-corrected chi connectivity index (χ2v) is 7.47. The van der Waals surface area contributed by atoms with Crippen molar-refractivity contribution in [2.24, 2.45) is 5.92 Å². The zero-order chi connectivity index (χ0) is 19.5. The Morgan fingerprint density at radius 3 is 2.89 bits per heavy atom. The van der Waals surface area contributed by atoms with Crippen molar-refractivity contribution in [1.29, 1.82) is 0 Å². The van der Waals surface area contributed by atoms with Gasteiger partial charge in [-0.05, 0) is 37.8 Å². The van der Waals surface area contributed by atoms with Crippen LogP contribution in [-0.4, -0.2) is 43.6 Å². The van der Waals surface area contributed by atoms with Crippen LogP contribution in [0.4, 0.5) is 0 Å². The van der Waals surface area contributed by atoms with Crippen molar-refractivity contribution in [3.63, 3.8) is 0 Å². The average molecular weight is 379 g/mol. The van der Waals surface area contributed by atoms with Gasteiger partial charge in [-0.25, -0.2) is 4.68 Å². The third-order valence-corrected chi connectivity index (χ3v) is 5.73. The fourth-order valence-corrected chi connectivity index (χ4v) is 4.14. The summed E-state index contributed by atoms with van der Waals surface area (Å²) in [6.07, 6.45) is 9.17. The summed E-state index contributed by atoms with van der Waals surface area (Å²) in [7, 11) is 0. The summed E-state index contributed by atoms with van der Waals surface area (Å²) >= 11 is 0. The Morgan fingerprint density at radius 2 is 2.11 bits per heavy atom. The Balaban J connectivity index is 1.60. The Bertz CT molecular complexity index is 973. The van der Waals surface area contributed by atoms with E-state index in [0.29, 0.717) is 17.3 Å². The molecule has 0 spiro atoms. The molecule has 146 valence electrons. The normalized spacial score (nSPS) is 16.2. The van der Waals surface area contributed by atoms with E-state index >= 15 is 0 Å². The summed E-state index contributed by atoms with van der Waals surface area (Å²) in [5.74, 6) is 0.0406. The largest absolute Gasteiger partial charge is 0.394 e. The molecule has 1 amide bonds. The lowest BCUT2D eigenvalue weighted by molar-refractivity contribution is 0.0865. The molecule has 1 unspecified atom stereocenters. The van der Waals surface area contributed by atoms with Crippen molar-refractivity contribution in [2.75, 3.05) is 6.61 Å². The Labute approximate surface area is 163 Å². The fourth-order valence-electron chi connectivity index (χ4n) is 4.14. The van der Waals surface area contributed by atoms with E-state index in [4.69, 9.17) is 0 Å². The summed E-state index contributed by atoms with van der Waals surface area (Å²) in [5.41, 5.74) is 1.82. The van der Waals surface area contributed by atoms with Gasteiger partial charge in [-0.1, -0.05) is 36.6 Å². The number of carbonyl (C=O) groups excluding carboxylic acids is 1. The van der Waals surface area contributed by atoms with Crippen molar-refractivity contribution in [3.8, 4) is 5.69 Å². The van der Waals surface area contributed by atoms with Gasteiger partial charge in [0.1, 0.15) is 0 Å². The van der Waals surface area contributed by atoms with E-state index in [2.05, 4.69) is 20.6 Å². The number of aromatic nitrogens is 4. The number of hydrogen-bond donors (Lipinski definition) is 2. The van der Waals surface area contributed by atoms with E-state index in [1.54, 1.807) is 17.1 Å². The first-order valence-corrected chi connectivity index (χ1v) is 9.86. The molecule has 1 atom stereocenters. The topological polar surface area (TPSA) is 92.9 Å². The molecule has 7 nitrogen and oxygen atoms in total. The van der Waals surface area contributed by atoms with Crippen LogP contribution in [0.1, 0.15) is 48.3 Å².